The topological polar surface area (TPSA) is 63.6 Å². The molecule has 1 N–H and O–H groups in total. The third-order valence-electron chi connectivity index (χ3n) is 5.74. The lowest BCUT2D eigenvalue weighted by Crippen LogP contribution is -2.51. The summed E-state index contributed by atoms with van der Waals surface area (Å²) < 4.78 is 46.7. The molecule has 5 unspecified atom stereocenters. The number of ether oxygens (including phenoxy) is 1. The van der Waals surface area contributed by atoms with Crippen molar-refractivity contribution in [3.8, 4) is 0 Å². The van der Waals surface area contributed by atoms with E-state index in [9.17, 15) is 22.8 Å². The van der Waals surface area contributed by atoms with Crippen molar-refractivity contribution < 1.29 is 32.6 Å². The number of alkyl halides is 3. The fourth-order valence-corrected chi connectivity index (χ4v) is 4.57. The van der Waals surface area contributed by atoms with Gasteiger partial charge in [0, 0.05) is 23.8 Å². The molecule has 4 nitrogen and oxygen atoms in total. The lowest BCUT2D eigenvalue weighted by atomic mass is 9.75. The molecule has 0 heterocycles. The summed E-state index contributed by atoms with van der Waals surface area (Å²) >= 11 is 0. The molecule has 0 aromatic rings. The summed E-state index contributed by atoms with van der Waals surface area (Å²) in [6.45, 7) is 0. The van der Waals surface area contributed by atoms with Gasteiger partial charge in [-0.25, -0.2) is 4.79 Å². The van der Waals surface area contributed by atoms with Gasteiger partial charge in [-0.2, -0.15) is 13.2 Å². The molecule has 0 spiro atoms. The molecule has 1 saturated carbocycles. The maximum absolute atomic E-state index is 13.8. The van der Waals surface area contributed by atoms with Gasteiger partial charge in [0.15, 0.2) is 11.0 Å². The Morgan fingerprint density at radius 1 is 1.21 bits per heavy atom. The van der Waals surface area contributed by atoms with E-state index < -0.39 is 41.0 Å². The lowest BCUT2D eigenvalue weighted by molar-refractivity contribution is -0.245. The number of aliphatic carboxylic acids is 1. The Morgan fingerprint density at radius 2 is 1.96 bits per heavy atom. The number of fused-ring (bicyclic) bond motifs is 4. The zero-order valence-electron chi connectivity index (χ0n) is 12.5. The highest BCUT2D eigenvalue weighted by Gasteiger charge is 2.70. The molecule has 0 aromatic heterocycles. The van der Waals surface area contributed by atoms with Crippen LogP contribution in [-0.2, 0) is 14.3 Å². The Hall–Kier alpha value is -2.05. The molecule has 4 aliphatic rings. The third-order valence-corrected chi connectivity index (χ3v) is 5.74. The van der Waals surface area contributed by atoms with Gasteiger partial charge in [0.1, 0.15) is 0 Å². The van der Waals surface area contributed by atoms with Crippen molar-refractivity contribution in [2.75, 3.05) is 0 Å². The van der Waals surface area contributed by atoms with Gasteiger partial charge >= 0.3 is 18.1 Å². The zero-order chi connectivity index (χ0) is 17.3. The maximum atomic E-state index is 13.8. The summed E-state index contributed by atoms with van der Waals surface area (Å²) in [5.74, 6) is -4.02. The second kappa shape index (κ2) is 4.52. The first-order valence-corrected chi connectivity index (χ1v) is 7.81. The molecule has 24 heavy (non-hydrogen) atoms. The van der Waals surface area contributed by atoms with E-state index >= 15 is 0 Å². The molecule has 0 saturated heterocycles. The van der Waals surface area contributed by atoms with Crippen LogP contribution in [0.1, 0.15) is 19.3 Å². The molecule has 4 rings (SSSR count). The Bertz CT molecular complexity index is 720. The molecule has 1 fully saturated rings. The molecule has 0 radical (unpaired) electrons. The second-order valence-electron chi connectivity index (χ2n) is 7.08. The van der Waals surface area contributed by atoms with Crippen molar-refractivity contribution in [2.24, 2.45) is 23.2 Å². The van der Waals surface area contributed by atoms with E-state index in [4.69, 9.17) is 9.84 Å². The van der Waals surface area contributed by atoms with Crippen molar-refractivity contribution in [2.45, 2.75) is 31.0 Å². The summed E-state index contributed by atoms with van der Waals surface area (Å²) in [4.78, 5) is 23.8. The van der Waals surface area contributed by atoms with Gasteiger partial charge in [-0.05, 0) is 30.9 Å². The summed E-state index contributed by atoms with van der Waals surface area (Å²) in [5, 5.41) is 9.13. The zero-order valence-corrected chi connectivity index (χ0v) is 12.5. The molecule has 0 amide bonds. The standard InChI is InChI=1S/C17H15F3O4/c18-17(19,20)16(6-9-1-2-11(16)5-9)14(23)24-15-4-3-10(7-15)12(8-15)13(21)22/h1-4,8-11H,5-7H2,(H,21,22). The first kappa shape index (κ1) is 15.5. The third kappa shape index (κ3) is 1.87. The first-order valence-electron chi connectivity index (χ1n) is 7.81. The number of carboxylic acids is 1. The highest BCUT2D eigenvalue weighted by Crippen LogP contribution is 2.61. The van der Waals surface area contributed by atoms with Crippen LogP contribution in [0.4, 0.5) is 13.2 Å². The van der Waals surface area contributed by atoms with E-state index in [-0.39, 0.29) is 24.3 Å². The minimum absolute atomic E-state index is 0.0687. The van der Waals surface area contributed by atoms with E-state index in [1.54, 1.807) is 12.2 Å². The number of carboxylic acid groups (broad SMARTS) is 1. The van der Waals surface area contributed by atoms with Crippen LogP contribution in [0.3, 0.4) is 0 Å². The Kier molecular flexibility index (Phi) is 2.91. The normalized spacial score (nSPS) is 41.8. The molecule has 0 aliphatic heterocycles. The van der Waals surface area contributed by atoms with Crippen LogP contribution in [0, 0.1) is 23.2 Å². The SMILES string of the molecule is O=C(O)C1=CC2(OC(=O)C3(C(F)(F)F)CC4C=CC3C4)C=CC1C2. The predicted molar refractivity (Wildman–Crippen MR) is 75.6 cm³/mol. The minimum Gasteiger partial charge on any atom is -0.478 e. The fourth-order valence-electron chi connectivity index (χ4n) is 4.57. The minimum atomic E-state index is -4.70. The maximum Gasteiger partial charge on any atom is 0.405 e. The van der Waals surface area contributed by atoms with Crippen LogP contribution in [0.25, 0.3) is 0 Å². The van der Waals surface area contributed by atoms with Gasteiger partial charge in [0.05, 0.1) is 0 Å². The van der Waals surface area contributed by atoms with Crippen molar-refractivity contribution in [1.82, 2.24) is 0 Å². The van der Waals surface area contributed by atoms with Crippen molar-refractivity contribution in [1.29, 1.82) is 0 Å². The van der Waals surface area contributed by atoms with Gasteiger partial charge in [-0.1, -0.05) is 18.2 Å². The van der Waals surface area contributed by atoms with Crippen molar-refractivity contribution in [3.63, 3.8) is 0 Å². The number of carbonyl (C=O) groups excluding carboxylic acids is 1. The van der Waals surface area contributed by atoms with Gasteiger partial charge in [0.25, 0.3) is 0 Å². The smallest absolute Gasteiger partial charge is 0.405 e. The highest BCUT2D eigenvalue weighted by atomic mass is 19.4. The van der Waals surface area contributed by atoms with E-state index in [0.717, 1.165) is 0 Å². The summed E-state index contributed by atoms with van der Waals surface area (Å²) in [6.07, 6.45) is 3.00. The Balaban J connectivity index is 1.66. The summed E-state index contributed by atoms with van der Waals surface area (Å²) in [5.41, 5.74) is -3.81. The Labute approximate surface area is 135 Å². The number of hydrogen-bond acceptors (Lipinski definition) is 3. The second-order valence-corrected chi connectivity index (χ2v) is 7.08. The lowest BCUT2D eigenvalue weighted by Gasteiger charge is -2.37. The molecular weight excluding hydrogens is 325 g/mol. The largest absolute Gasteiger partial charge is 0.478 e. The van der Waals surface area contributed by atoms with E-state index in [1.807, 2.05) is 0 Å². The number of carbonyl (C=O) groups is 2. The van der Waals surface area contributed by atoms with Crippen molar-refractivity contribution >= 4 is 11.9 Å². The number of allylic oxidation sites excluding steroid dienone is 3. The Morgan fingerprint density at radius 3 is 2.46 bits per heavy atom. The van der Waals surface area contributed by atoms with E-state index in [0.29, 0.717) is 6.42 Å². The average molecular weight is 340 g/mol. The average Bonchev–Trinajstić information content (AvgIpc) is 3.23. The molecule has 4 bridgehead atoms. The van der Waals surface area contributed by atoms with Gasteiger partial charge in [-0.15, -0.1) is 0 Å². The van der Waals surface area contributed by atoms with Gasteiger partial charge in [0.2, 0.25) is 0 Å². The number of rotatable bonds is 3. The highest BCUT2D eigenvalue weighted by molar-refractivity contribution is 5.90. The van der Waals surface area contributed by atoms with Crippen molar-refractivity contribution in [3.05, 3.63) is 36.0 Å². The van der Waals surface area contributed by atoms with Crippen LogP contribution in [0.2, 0.25) is 0 Å². The van der Waals surface area contributed by atoms with Gasteiger partial charge in [-0.3, -0.25) is 4.79 Å². The van der Waals surface area contributed by atoms with Crippen LogP contribution in [0.15, 0.2) is 36.0 Å². The van der Waals surface area contributed by atoms with Crippen LogP contribution >= 0.6 is 0 Å². The monoisotopic (exact) mass is 340 g/mol. The molecule has 5 atom stereocenters. The van der Waals surface area contributed by atoms with Gasteiger partial charge < -0.3 is 9.84 Å². The van der Waals surface area contributed by atoms with E-state index in [2.05, 4.69) is 0 Å². The summed E-state index contributed by atoms with van der Waals surface area (Å²) in [7, 11) is 0. The quantitative estimate of drug-likeness (QED) is 0.634. The molecule has 0 aromatic carbocycles. The van der Waals surface area contributed by atoms with E-state index in [1.165, 1.54) is 18.2 Å². The molecule has 128 valence electrons. The van der Waals surface area contributed by atoms with Crippen LogP contribution in [-0.4, -0.2) is 28.8 Å². The molecule has 4 aliphatic carbocycles. The number of esters is 1. The molecule has 7 heteroatoms. The molecular formula is C17H15F3O4. The summed E-state index contributed by atoms with van der Waals surface area (Å²) in [6, 6.07) is 0. The number of halogens is 3. The van der Waals surface area contributed by atoms with Crippen LogP contribution in [0.5, 0.6) is 0 Å². The van der Waals surface area contributed by atoms with Crippen LogP contribution < -0.4 is 0 Å². The predicted octanol–water partition coefficient (Wildman–Crippen LogP) is 3.01. The fraction of sp³-hybridized carbons (Fsp3) is 0.529. The first-order chi connectivity index (χ1) is 11.2. The number of hydrogen-bond donors (Lipinski definition) is 1.